The van der Waals surface area contributed by atoms with Crippen LogP contribution in [-0.4, -0.2) is 41.9 Å². The van der Waals surface area contributed by atoms with E-state index in [1.165, 1.54) is 0 Å². The van der Waals surface area contributed by atoms with Crippen molar-refractivity contribution in [2.75, 3.05) is 36.0 Å². The predicted octanol–water partition coefficient (Wildman–Crippen LogP) is 10.6. The lowest BCUT2D eigenvalue weighted by atomic mass is 9.76. The van der Waals surface area contributed by atoms with Gasteiger partial charge in [0.2, 0.25) is 0 Å². The van der Waals surface area contributed by atoms with Crippen LogP contribution in [0, 0.1) is 5.41 Å². The minimum absolute atomic E-state index is 0.0968. The largest absolute Gasteiger partial charge is 0.506 e. The molecule has 0 bridgehead atoms. The molecule has 6 heteroatoms. The molecule has 2 heterocycles. The predicted molar refractivity (Wildman–Crippen MR) is 203 cm³/mol. The van der Waals surface area contributed by atoms with Crippen molar-refractivity contribution in [1.29, 1.82) is 0 Å². The Morgan fingerprint density at radius 3 is 1.92 bits per heavy atom. The van der Waals surface area contributed by atoms with Crippen LogP contribution in [0.25, 0.3) is 22.1 Å². The number of carbonyl (C=O) groups excluding carboxylic acids is 1. The first-order chi connectivity index (χ1) is 22.5. The molecule has 3 aromatic rings. The Bertz CT molecular complexity index is 1900. The third-order valence-electron chi connectivity index (χ3n) is 9.74. The van der Waals surface area contributed by atoms with Gasteiger partial charge in [0.1, 0.15) is 28.4 Å². The fraction of sp³-hybridized carbons (Fsp3) is 0.429. The van der Waals surface area contributed by atoms with Gasteiger partial charge < -0.3 is 19.6 Å². The molecule has 0 amide bonds. The van der Waals surface area contributed by atoms with Gasteiger partial charge in [0, 0.05) is 66.2 Å². The molecule has 2 N–H and O–H groups in total. The van der Waals surface area contributed by atoms with Crippen LogP contribution in [0.2, 0.25) is 0 Å². The standard InChI is InChI=1S/C42H52N2O4/c1-13-43(14-2)27-17-19-29-31(23-35(41(7,8)9)47-33(29)21-27)25(5)37-39(45)38(40(37)46)26(6)32-24-36(42(10,11)12)48-34-22-28(18-20-30(32)34)44(15-3)16-4/h17-24H,13-16H2,1-12H3/p+2. The van der Waals surface area contributed by atoms with Crippen molar-refractivity contribution in [3.63, 3.8) is 0 Å². The number of hydrogen-bond acceptors (Lipinski definition) is 4. The topological polar surface area (TPSA) is 68.6 Å². The van der Waals surface area contributed by atoms with E-state index in [9.17, 15) is 9.90 Å². The van der Waals surface area contributed by atoms with Gasteiger partial charge in [0.05, 0.1) is 16.9 Å². The molecule has 2 aliphatic rings. The van der Waals surface area contributed by atoms with E-state index in [1.807, 2.05) is 13.8 Å². The fourth-order valence-electron chi connectivity index (χ4n) is 6.67. The highest BCUT2D eigenvalue weighted by molar-refractivity contribution is 6.27. The van der Waals surface area contributed by atoms with Crippen molar-refractivity contribution >= 4 is 39.3 Å². The first-order valence-electron chi connectivity index (χ1n) is 17.4. The van der Waals surface area contributed by atoms with Crippen LogP contribution < -0.4 is 14.5 Å². The second-order valence-electron chi connectivity index (χ2n) is 15.0. The zero-order valence-corrected chi connectivity index (χ0v) is 31.1. The molecule has 0 saturated heterocycles. The lowest BCUT2D eigenvalue weighted by Crippen LogP contribution is -2.26. The molecule has 0 unspecified atom stereocenters. The fourth-order valence-corrected chi connectivity index (χ4v) is 6.67. The Hall–Kier alpha value is -4.32. The number of benzene rings is 2. The normalized spacial score (nSPS) is 17.1. The van der Waals surface area contributed by atoms with E-state index in [0.29, 0.717) is 11.1 Å². The Balaban J connectivity index is 1.69. The quantitative estimate of drug-likeness (QED) is 0.194. The average molecular weight is 651 g/mol. The van der Waals surface area contributed by atoms with E-state index < -0.39 is 0 Å². The van der Waals surface area contributed by atoms with E-state index >= 15 is 0 Å². The van der Waals surface area contributed by atoms with Crippen molar-refractivity contribution in [2.45, 2.75) is 88.5 Å². The van der Waals surface area contributed by atoms with Gasteiger partial charge in [-0.1, -0.05) is 20.8 Å². The number of hydrogen-bond donors (Lipinski definition) is 1. The van der Waals surface area contributed by atoms with Crippen LogP contribution in [-0.2, 0) is 5.41 Å². The summed E-state index contributed by atoms with van der Waals surface area (Å²) < 4.78 is 13.0. The number of ether oxygens (including phenoxy) is 1. The highest BCUT2D eigenvalue weighted by Gasteiger charge is 2.44. The van der Waals surface area contributed by atoms with Gasteiger partial charge in [-0.3, -0.25) is 4.79 Å². The van der Waals surface area contributed by atoms with Crippen molar-refractivity contribution in [3.05, 3.63) is 93.7 Å². The molecule has 1 aliphatic heterocycles. The van der Waals surface area contributed by atoms with Gasteiger partial charge >= 0.3 is 17.1 Å². The summed E-state index contributed by atoms with van der Waals surface area (Å²) in [5, 5.41) is 12.7. The summed E-state index contributed by atoms with van der Waals surface area (Å²) in [6, 6.07) is 14.7. The van der Waals surface area contributed by atoms with Crippen LogP contribution in [0.3, 0.4) is 0 Å². The summed E-state index contributed by atoms with van der Waals surface area (Å²) >= 11 is 0. The van der Waals surface area contributed by atoms with Crippen LogP contribution >= 0.6 is 0 Å². The van der Waals surface area contributed by atoms with Crippen molar-refractivity contribution in [3.8, 4) is 5.75 Å². The molecule has 254 valence electrons. The Kier molecular flexibility index (Phi) is 9.44. The van der Waals surface area contributed by atoms with Crippen LogP contribution in [0.1, 0.15) is 100.0 Å². The van der Waals surface area contributed by atoms with Crippen LogP contribution in [0.15, 0.2) is 81.2 Å². The summed E-state index contributed by atoms with van der Waals surface area (Å²) in [5.74, 6) is 2.65. The van der Waals surface area contributed by atoms with Crippen molar-refractivity contribution < 1.29 is 19.1 Å². The molecule has 0 spiro atoms. The van der Waals surface area contributed by atoms with Gasteiger partial charge in [0.25, 0.3) is 0 Å². The van der Waals surface area contributed by atoms with Crippen molar-refractivity contribution in [1.82, 2.24) is 0 Å². The number of nitrogens with zero attached hydrogens (tertiary/aromatic N) is 2. The highest BCUT2D eigenvalue weighted by atomic mass is 16.5. The van der Waals surface area contributed by atoms with Gasteiger partial charge in [-0.15, -0.1) is 0 Å². The summed E-state index contributed by atoms with van der Waals surface area (Å²) in [4.78, 5) is 16.3. The SMILES string of the molecule is CCN(CC)c1ccc2c(c1)OC(C(C)(C)C)=CC2=C(C)C1=C(O)C(=C(C)c2cc(C(C)(C)C)[o+]c3cc(N(CC)CC)ccc23)C1=[OH+]. The van der Waals surface area contributed by atoms with Gasteiger partial charge in [-0.2, -0.15) is 0 Å². The summed E-state index contributed by atoms with van der Waals surface area (Å²) in [6.07, 6.45) is 2.06. The molecule has 6 nitrogen and oxygen atoms in total. The molecule has 2 aromatic carbocycles. The lowest BCUT2D eigenvalue weighted by molar-refractivity contribution is 0.290. The third-order valence-corrected chi connectivity index (χ3v) is 9.74. The summed E-state index contributed by atoms with van der Waals surface area (Å²) in [6.45, 7) is 28.9. The minimum atomic E-state index is -0.243. The second-order valence-corrected chi connectivity index (χ2v) is 15.0. The number of allylic oxidation sites excluding steroid dienone is 7. The number of fused-ring (bicyclic) bond motifs is 2. The average Bonchev–Trinajstić information content (AvgIpc) is 3.03. The molecule has 1 aliphatic carbocycles. The zero-order chi connectivity index (χ0) is 35.3. The van der Waals surface area contributed by atoms with Crippen LogP contribution in [0.5, 0.6) is 5.75 Å². The molecular formula is C42H54N2O4+2. The maximum absolute atomic E-state index is 11.7. The summed E-state index contributed by atoms with van der Waals surface area (Å²) in [7, 11) is 0. The zero-order valence-electron chi connectivity index (χ0n) is 31.1. The molecule has 5 rings (SSSR count). The second kappa shape index (κ2) is 12.9. The molecular weight excluding hydrogens is 596 g/mol. The molecule has 0 atom stereocenters. The van der Waals surface area contributed by atoms with E-state index in [2.05, 4.69) is 128 Å². The maximum Gasteiger partial charge on any atom is 0.362 e. The number of rotatable bonds is 8. The first kappa shape index (κ1) is 35.0. The molecule has 0 radical (unpaired) electrons. The maximum atomic E-state index is 11.7. The number of aliphatic hydroxyl groups is 1. The smallest absolute Gasteiger partial charge is 0.362 e. The van der Waals surface area contributed by atoms with E-state index in [0.717, 1.165) is 93.6 Å². The minimum Gasteiger partial charge on any atom is -0.506 e. The van der Waals surface area contributed by atoms with E-state index in [1.54, 1.807) is 0 Å². The number of ketones is 1. The van der Waals surface area contributed by atoms with Gasteiger partial charge in [-0.05, 0) is 109 Å². The number of anilines is 2. The lowest BCUT2D eigenvalue weighted by Gasteiger charge is -2.31. The van der Waals surface area contributed by atoms with Gasteiger partial charge in [-0.25, -0.2) is 4.42 Å². The number of aliphatic hydroxyl groups excluding tert-OH is 1. The molecule has 0 fully saturated rings. The molecule has 1 aromatic heterocycles. The van der Waals surface area contributed by atoms with E-state index in [-0.39, 0.29) is 22.4 Å². The van der Waals surface area contributed by atoms with Gasteiger partial charge in [0.15, 0.2) is 0 Å². The third kappa shape index (κ3) is 6.18. The summed E-state index contributed by atoms with van der Waals surface area (Å²) in [5.41, 5.74) is 7.84. The Morgan fingerprint density at radius 2 is 1.38 bits per heavy atom. The molecule has 0 saturated carbocycles. The Labute approximate surface area is 287 Å². The van der Waals surface area contributed by atoms with Crippen LogP contribution in [0.4, 0.5) is 11.4 Å². The molecule has 48 heavy (non-hydrogen) atoms. The van der Waals surface area contributed by atoms with Crippen molar-refractivity contribution in [2.24, 2.45) is 5.41 Å². The van der Waals surface area contributed by atoms with E-state index in [4.69, 9.17) is 9.15 Å². The highest BCUT2D eigenvalue weighted by Crippen LogP contribution is 2.47. The monoisotopic (exact) mass is 650 g/mol. The first-order valence-corrected chi connectivity index (χ1v) is 17.4. The Morgan fingerprint density at radius 1 is 0.792 bits per heavy atom.